The lowest BCUT2D eigenvalue weighted by atomic mass is 9.96. The zero-order valence-corrected chi connectivity index (χ0v) is 14.1. The Morgan fingerprint density at radius 1 is 1.21 bits per heavy atom. The topological polar surface area (TPSA) is 84.5 Å². The number of ketones is 1. The maximum Gasteiger partial charge on any atom is 0.338 e. The summed E-state index contributed by atoms with van der Waals surface area (Å²) in [5.74, 6) is -0.473. The highest BCUT2D eigenvalue weighted by atomic mass is 16.5. The van der Waals surface area contributed by atoms with Crippen LogP contribution in [0, 0.1) is 0 Å². The summed E-state index contributed by atoms with van der Waals surface area (Å²) in [7, 11) is 0. The van der Waals surface area contributed by atoms with E-state index in [4.69, 9.17) is 4.74 Å². The molecular formula is C18H24N2O4. The van der Waals surface area contributed by atoms with Crippen LogP contribution in [0.1, 0.15) is 55.5 Å². The van der Waals surface area contributed by atoms with Crippen molar-refractivity contribution in [2.45, 2.75) is 58.2 Å². The number of esters is 1. The van der Waals surface area contributed by atoms with Crippen LogP contribution in [0.25, 0.3) is 0 Å². The third-order valence-corrected chi connectivity index (χ3v) is 3.81. The Hall–Kier alpha value is -2.37. The van der Waals surface area contributed by atoms with Crippen molar-refractivity contribution < 1.29 is 19.1 Å². The first-order chi connectivity index (χ1) is 11.5. The Morgan fingerprint density at radius 2 is 1.92 bits per heavy atom. The van der Waals surface area contributed by atoms with E-state index >= 15 is 0 Å². The maximum atomic E-state index is 12.1. The Labute approximate surface area is 142 Å². The number of rotatable bonds is 5. The van der Waals surface area contributed by atoms with E-state index in [0.717, 1.165) is 18.4 Å². The highest BCUT2D eigenvalue weighted by Crippen LogP contribution is 2.19. The van der Waals surface area contributed by atoms with Gasteiger partial charge in [-0.1, -0.05) is 12.1 Å². The molecule has 1 aliphatic rings. The molecule has 1 aromatic rings. The predicted octanol–water partition coefficient (Wildman–Crippen LogP) is 2.56. The van der Waals surface area contributed by atoms with Gasteiger partial charge in [-0.05, 0) is 50.8 Å². The monoisotopic (exact) mass is 332 g/mol. The van der Waals surface area contributed by atoms with E-state index in [1.165, 1.54) is 0 Å². The second kappa shape index (κ2) is 8.47. The summed E-state index contributed by atoms with van der Waals surface area (Å²) >= 11 is 0. The molecule has 0 unspecified atom stereocenters. The van der Waals surface area contributed by atoms with E-state index < -0.39 is 12.1 Å². The number of hydrogen-bond donors (Lipinski definition) is 2. The molecule has 6 nitrogen and oxygen atoms in total. The maximum absolute atomic E-state index is 12.1. The molecule has 0 spiro atoms. The average Bonchev–Trinajstić information content (AvgIpc) is 2.55. The minimum atomic E-state index is -0.604. The van der Waals surface area contributed by atoms with Crippen LogP contribution in [-0.2, 0) is 16.1 Å². The first kappa shape index (κ1) is 18.0. The number of carbonyl (C=O) groups is 3. The van der Waals surface area contributed by atoms with Crippen molar-refractivity contribution in [2.75, 3.05) is 0 Å². The van der Waals surface area contributed by atoms with Crippen molar-refractivity contribution in [1.82, 2.24) is 10.6 Å². The Balaban J connectivity index is 1.85. The molecule has 2 amide bonds. The molecule has 1 saturated carbocycles. The normalized spacial score (nSPS) is 17.5. The standard InChI is InChI=1S/C18H24N2O4/c1-12(2)20-18(23)19-11-13-7-9-14(10-8-13)17(22)24-16-6-4-3-5-15(16)21/h7-10,12,16H,3-6,11H2,1-2H3,(H2,19,20,23)/t16-/m0/s1. The quantitative estimate of drug-likeness (QED) is 0.812. The van der Waals surface area contributed by atoms with Gasteiger partial charge in [0.1, 0.15) is 0 Å². The zero-order chi connectivity index (χ0) is 17.5. The third kappa shape index (κ3) is 5.37. The van der Waals surface area contributed by atoms with Gasteiger partial charge in [-0.25, -0.2) is 9.59 Å². The van der Waals surface area contributed by atoms with Crippen LogP contribution in [0.2, 0.25) is 0 Å². The van der Waals surface area contributed by atoms with Gasteiger partial charge in [0.2, 0.25) is 0 Å². The van der Waals surface area contributed by atoms with E-state index in [9.17, 15) is 14.4 Å². The molecular weight excluding hydrogens is 308 g/mol. The van der Waals surface area contributed by atoms with E-state index in [2.05, 4.69) is 10.6 Å². The molecule has 2 rings (SSSR count). The number of benzene rings is 1. The van der Waals surface area contributed by atoms with Gasteiger partial charge in [0.25, 0.3) is 0 Å². The molecule has 1 aromatic carbocycles. The Kier molecular flexibility index (Phi) is 6.35. The molecule has 0 aromatic heterocycles. The first-order valence-corrected chi connectivity index (χ1v) is 8.32. The van der Waals surface area contributed by atoms with Crippen LogP contribution < -0.4 is 10.6 Å². The minimum absolute atomic E-state index is 0.00610. The lowest BCUT2D eigenvalue weighted by Crippen LogP contribution is -2.39. The lowest BCUT2D eigenvalue weighted by molar-refractivity contribution is -0.129. The number of amides is 2. The van der Waals surface area contributed by atoms with Gasteiger partial charge < -0.3 is 15.4 Å². The zero-order valence-electron chi connectivity index (χ0n) is 14.1. The van der Waals surface area contributed by atoms with Crippen LogP contribution in [0.3, 0.4) is 0 Å². The van der Waals surface area contributed by atoms with Crippen molar-refractivity contribution in [3.8, 4) is 0 Å². The molecule has 6 heteroatoms. The molecule has 0 aliphatic heterocycles. The number of carbonyl (C=O) groups excluding carboxylic acids is 3. The van der Waals surface area contributed by atoms with Crippen LogP contribution in [-0.4, -0.2) is 29.9 Å². The van der Waals surface area contributed by atoms with Crippen molar-refractivity contribution in [1.29, 1.82) is 0 Å². The minimum Gasteiger partial charge on any atom is -0.451 e. The molecule has 24 heavy (non-hydrogen) atoms. The van der Waals surface area contributed by atoms with Gasteiger partial charge in [0.05, 0.1) is 5.56 Å². The Morgan fingerprint density at radius 3 is 2.54 bits per heavy atom. The third-order valence-electron chi connectivity index (χ3n) is 3.81. The largest absolute Gasteiger partial charge is 0.451 e. The summed E-state index contributed by atoms with van der Waals surface area (Å²) in [6.07, 6.45) is 2.27. The summed E-state index contributed by atoms with van der Waals surface area (Å²) < 4.78 is 5.30. The molecule has 1 fully saturated rings. The average molecular weight is 332 g/mol. The molecule has 0 heterocycles. The smallest absolute Gasteiger partial charge is 0.338 e. The van der Waals surface area contributed by atoms with Gasteiger partial charge in [-0.3, -0.25) is 4.79 Å². The second-order valence-corrected chi connectivity index (χ2v) is 6.28. The fourth-order valence-corrected chi connectivity index (χ4v) is 2.53. The molecule has 0 bridgehead atoms. The number of nitrogens with one attached hydrogen (secondary N) is 2. The Bertz CT molecular complexity index is 596. The molecule has 1 atom stereocenters. The summed E-state index contributed by atoms with van der Waals surface area (Å²) in [5, 5.41) is 5.48. The summed E-state index contributed by atoms with van der Waals surface area (Å²) in [6, 6.07) is 6.65. The molecule has 0 radical (unpaired) electrons. The van der Waals surface area contributed by atoms with Crippen molar-refractivity contribution >= 4 is 17.8 Å². The summed E-state index contributed by atoms with van der Waals surface area (Å²) in [5.41, 5.74) is 1.28. The van der Waals surface area contributed by atoms with E-state index in [1.54, 1.807) is 24.3 Å². The van der Waals surface area contributed by atoms with Crippen LogP contribution in [0.4, 0.5) is 4.79 Å². The predicted molar refractivity (Wildman–Crippen MR) is 89.6 cm³/mol. The van der Waals surface area contributed by atoms with Gasteiger partial charge in [0.15, 0.2) is 11.9 Å². The fraction of sp³-hybridized carbons (Fsp3) is 0.500. The number of Topliss-reactive ketones (excluding diaryl/α,β-unsaturated/α-hetero) is 1. The van der Waals surface area contributed by atoms with Crippen LogP contribution in [0.15, 0.2) is 24.3 Å². The van der Waals surface area contributed by atoms with Crippen LogP contribution in [0.5, 0.6) is 0 Å². The van der Waals surface area contributed by atoms with Gasteiger partial charge >= 0.3 is 12.0 Å². The molecule has 1 aliphatic carbocycles. The van der Waals surface area contributed by atoms with Crippen molar-refractivity contribution in [3.05, 3.63) is 35.4 Å². The van der Waals surface area contributed by atoms with Gasteiger partial charge in [-0.15, -0.1) is 0 Å². The first-order valence-electron chi connectivity index (χ1n) is 8.32. The van der Waals surface area contributed by atoms with Gasteiger partial charge in [0, 0.05) is 19.0 Å². The highest BCUT2D eigenvalue weighted by molar-refractivity contribution is 5.93. The summed E-state index contributed by atoms with van der Waals surface area (Å²) in [4.78, 5) is 35.3. The van der Waals surface area contributed by atoms with E-state index in [1.807, 2.05) is 13.8 Å². The van der Waals surface area contributed by atoms with Crippen molar-refractivity contribution in [3.63, 3.8) is 0 Å². The number of ether oxygens (including phenoxy) is 1. The number of urea groups is 1. The lowest BCUT2D eigenvalue weighted by Gasteiger charge is -2.20. The summed E-state index contributed by atoms with van der Waals surface area (Å²) in [6.45, 7) is 4.14. The fourth-order valence-electron chi connectivity index (χ4n) is 2.53. The van der Waals surface area contributed by atoms with E-state index in [-0.39, 0.29) is 17.9 Å². The molecule has 0 saturated heterocycles. The molecule has 2 N–H and O–H groups in total. The van der Waals surface area contributed by atoms with E-state index in [0.29, 0.717) is 24.9 Å². The highest BCUT2D eigenvalue weighted by Gasteiger charge is 2.26. The van der Waals surface area contributed by atoms with Crippen molar-refractivity contribution in [2.24, 2.45) is 0 Å². The van der Waals surface area contributed by atoms with Gasteiger partial charge in [-0.2, -0.15) is 0 Å². The number of hydrogen-bond acceptors (Lipinski definition) is 4. The second-order valence-electron chi connectivity index (χ2n) is 6.28. The molecule has 130 valence electrons. The SMILES string of the molecule is CC(C)NC(=O)NCc1ccc(C(=O)O[C@H]2CCCCC2=O)cc1. The van der Waals surface area contributed by atoms with Crippen LogP contribution >= 0.6 is 0 Å².